The van der Waals surface area contributed by atoms with Gasteiger partial charge in [-0.15, -0.1) is 0 Å². The highest BCUT2D eigenvalue weighted by molar-refractivity contribution is 5.81. The fraction of sp³-hybridized carbons (Fsp3) is 0.278. The summed E-state index contributed by atoms with van der Waals surface area (Å²) in [5, 5.41) is 0. The Balaban J connectivity index is 1.75. The van der Waals surface area contributed by atoms with Crippen molar-refractivity contribution in [3.63, 3.8) is 0 Å². The zero-order valence-corrected chi connectivity index (χ0v) is 12.3. The van der Waals surface area contributed by atoms with Gasteiger partial charge in [-0.05, 0) is 23.3 Å². The van der Waals surface area contributed by atoms with Crippen LogP contribution in [-0.4, -0.2) is 19.2 Å². The highest BCUT2D eigenvalue weighted by Gasteiger charge is 2.71. The van der Waals surface area contributed by atoms with Crippen LogP contribution in [-0.2, 0) is 12.0 Å². The Hall–Kier alpha value is -2.23. The molecule has 1 unspecified atom stereocenters. The minimum Gasteiger partial charge on any atom is -0.497 e. The Labute approximate surface area is 128 Å². The van der Waals surface area contributed by atoms with E-state index in [1.54, 1.807) is 31.4 Å². The van der Waals surface area contributed by atoms with Crippen LogP contribution in [0.3, 0.4) is 0 Å². The molecule has 0 heterocycles. The first-order valence-corrected chi connectivity index (χ1v) is 7.15. The fourth-order valence-electron chi connectivity index (χ4n) is 2.61. The third-order valence-corrected chi connectivity index (χ3v) is 4.06. The molecule has 0 aliphatic heterocycles. The van der Waals surface area contributed by atoms with Crippen LogP contribution in [0.2, 0.25) is 0 Å². The van der Waals surface area contributed by atoms with E-state index in [-0.39, 0.29) is 6.42 Å². The van der Waals surface area contributed by atoms with Gasteiger partial charge in [0, 0.05) is 12.6 Å². The lowest BCUT2D eigenvalue weighted by Gasteiger charge is -2.11. The second-order valence-corrected chi connectivity index (χ2v) is 5.54. The van der Waals surface area contributed by atoms with Gasteiger partial charge in [0.2, 0.25) is 0 Å². The Morgan fingerprint density at radius 1 is 1.09 bits per heavy atom. The number of rotatable bonds is 5. The van der Waals surface area contributed by atoms with Crippen LogP contribution in [0.25, 0.3) is 0 Å². The second-order valence-electron chi connectivity index (χ2n) is 5.54. The molecular weight excluding hydrogens is 284 g/mol. The van der Waals surface area contributed by atoms with Gasteiger partial charge in [0.25, 0.3) is 5.92 Å². The summed E-state index contributed by atoms with van der Waals surface area (Å²) >= 11 is 0. The summed E-state index contributed by atoms with van der Waals surface area (Å²) in [5.41, 5.74) is 0.350. The molecule has 0 aromatic heterocycles. The van der Waals surface area contributed by atoms with Crippen molar-refractivity contribution >= 4 is 6.21 Å². The van der Waals surface area contributed by atoms with Gasteiger partial charge in [0.15, 0.2) is 0 Å². The zero-order chi connectivity index (χ0) is 15.6. The molecule has 1 atom stereocenters. The number of methoxy groups -OCH3 is 1. The molecule has 1 aliphatic carbocycles. The predicted molar refractivity (Wildman–Crippen MR) is 82.9 cm³/mol. The molecule has 0 amide bonds. The summed E-state index contributed by atoms with van der Waals surface area (Å²) in [6, 6.07) is 16.3. The van der Waals surface area contributed by atoms with Gasteiger partial charge < -0.3 is 4.74 Å². The Bertz CT molecular complexity index is 667. The van der Waals surface area contributed by atoms with E-state index in [0.717, 1.165) is 11.3 Å². The number of aliphatic imine (C=N–C) groups is 1. The van der Waals surface area contributed by atoms with Crippen LogP contribution < -0.4 is 4.74 Å². The lowest BCUT2D eigenvalue weighted by atomic mass is 9.96. The summed E-state index contributed by atoms with van der Waals surface area (Å²) in [5.74, 6) is -1.94. The molecule has 0 spiro atoms. The lowest BCUT2D eigenvalue weighted by Crippen LogP contribution is -2.18. The number of benzene rings is 2. The van der Waals surface area contributed by atoms with Crippen molar-refractivity contribution in [2.45, 2.75) is 24.3 Å². The van der Waals surface area contributed by atoms with Gasteiger partial charge >= 0.3 is 0 Å². The van der Waals surface area contributed by atoms with Crippen LogP contribution in [0.5, 0.6) is 5.75 Å². The number of nitrogens with zero attached hydrogens (tertiary/aromatic N) is 1. The molecule has 114 valence electrons. The molecule has 2 aromatic carbocycles. The molecule has 0 radical (unpaired) electrons. The number of halogens is 2. The maximum absolute atomic E-state index is 13.9. The SMILES string of the molecule is COc1ccc(CN=CC2(c3ccccc3)CC2(F)F)cc1. The van der Waals surface area contributed by atoms with Crippen LogP contribution in [0.4, 0.5) is 8.78 Å². The molecule has 1 aliphatic rings. The molecule has 0 bridgehead atoms. The van der Waals surface area contributed by atoms with Gasteiger partial charge in [-0.1, -0.05) is 42.5 Å². The van der Waals surface area contributed by atoms with E-state index in [9.17, 15) is 8.78 Å². The third-order valence-electron chi connectivity index (χ3n) is 4.06. The van der Waals surface area contributed by atoms with Crippen molar-refractivity contribution in [1.82, 2.24) is 0 Å². The second kappa shape index (κ2) is 5.52. The maximum Gasteiger partial charge on any atom is 0.264 e. The minimum absolute atomic E-state index is 0.171. The van der Waals surface area contributed by atoms with Crippen molar-refractivity contribution < 1.29 is 13.5 Å². The lowest BCUT2D eigenvalue weighted by molar-refractivity contribution is 0.103. The molecule has 2 aromatic rings. The smallest absolute Gasteiger partial charge is 0.264 e. The Morgan fingerprint density at radius 3 is 2.27 bits per heavy atom. The first kappa shape index (κ1) is 14.7. The number of alkyl halides is 2. The molecule has 1 saturated carbocycles. The molecule has 3 rings (SSSR count). The number of hydrogen-bond acceptors (Lipinski definition) is 2. The van der Waals surface area contributed by atoms with Crippen molar-refractivity contribution in [1.29, 1.82) is 0 Å². The van der Waals surface area contributed by atoms with E-state index < -0.39 is 11.3 Å². The summed E-state index contributed by atoms with van der Waals surface area (Å²) in [7, 11) is 1.60. The van der Waals surface area contributed by atoms with Crippen molar-refractivity contribution in [2.24, 2.45) is 4.99 Å². The van der Waals surface area contributed by atoms with Crippen molar-refractivity contribution in [3.05, 3.63) is 65.7 Å². The van der Waals surface area contributed by atoms with Gasteiger partial charge in [-0.3, -0.25) is 4.99 Å². The fourth-order valence-corrected chi connectivity index (χ4v) is 2.61. The van der Waals surface area contributed by atoms with Gasteiger partial charge in [0.05, 0.1) is 19.1 Å². The molecule has 22 heavy (non-hydrogen) atoms. The summed E-state index contributed by atoms with van der Waals surface area (Å²) < 4.78 is 32.8. The zero-order valence-electron chi connectivity index (χ0n) is 12.3. The van der Waals surface area contributed by atoms with E-state index in [2.05, 4.69) is 4.99 Å². The van der Waals surface area contributed by atoms with Crippen molar-refractivity contribution in [2.75, 3.05) is 7.11 Å². The largest absolute Gasteiger partial charge is 0.497 e. The Kier molecular flexibility index (Phi) is 3.69. The van der Waals surface area contributed by atoms with Crippen molar-refractivity contribution in [3.8, 4) is 5.75 Å². The highest BCUT2D eigenvalue weighted by atomic mass is 19.3. The summed E-state index contributed by atoms with van der Waals surface area (Å²) in [4.78, 5) is 4.26. The topological polar surface area (TPSA) is 21.6 Å². The molecular formula is C18H17F2NO. The van der Waals surface area contributed by atoms with Gasteiger partial charge in [-0.25, -0.2) is 8.78 Å². The maximum atomic E-state index is 13.9. The Morgan fingerprint density at radius 2 is 1.73 bits per heavy atom. The van der Waals surface area contributed by atoms with E-state index in [1.807, 2.05) is 30.3 Å². The van der Waals surface area contributed by atoms with E-state index in [0.29, 0.717) is 12.1 Å². The normalized spacial score (nSPS) is 22.7. The van der Waals surface area contributed by atoms with E-state index >= 15 is 0 Å². The molecule has 0 saturated heterocycles. The third kappa shape index (κ3) is 2.61. The average Bonchev–Trinajstić information content (AvgIpc) is 3.11. The predicted octanol–water partition coefficient (Wildman–Crippen LogP) is 4.24. The highest BCUT2D eigenvalue weighted by Crippen LogP contribution is 2.60. The quantitative estimate of drug-likeness (QED) is 0.757. The molecule has 0 N–H and O–H groups in total. The summed E-state index contributed by atoms with van der Waals surface area (Å²) in [6.07, 6.45) is 1.25. The number of ether oxygens (including phenoxy) is 1. The van der Waals surface area contributed by atoms with Crippen LogP contribution in [0, 0.1) is 0 Å². The molecule has 4 heteroatoms. The van der Waals surface area contributed by atoms with Crippen LogP contribution in [0.15, 0.2) is 59.6 Å². The standard InChI is InChI=1S/C18H17F2NO/c1-22-16-9-7-14(8-10-16)11-21-13-17(12-18(17,19)20)15-5-3-2-4-6-15/h2-10,13H,11-12H2,1H3. The van der Waals surface area contributed by atoms with Crippen LogP contribution >= 0.6 is 0 Å². The molecule has 1 fully saturated rings. The summed E-state index contributed by atoms with van der Waals surface area (Å²) in [6.45, 7) is 0.384. The van der Waals surface area contributed by atoms with Crippen LogP contribution in [0.1, 0.15) is 17.5 Å². The molecule has 2 nitrogen and oxygen atoms in total. The monoisotopic (exact) mass is 301 g/mol. The van der Waals surface area contributed by atoms with Gasteiger partial charge in [-0.2, -0.15) is 0 Å². The first-order chi connectivity index (χ1) is 10.6. The number of hydrogen-bond donors (Lipinski definition) is 0. The van der Waals surface area contributed by atoms with Gasteiger partial charge in [0.1, 0.15) is 5.75 Å². The first-order valence-electron chi connectivity index (χ1n) is 7.15. The average molecular weight is 301 g/mol. The van der Waals surface area contributed by atoms with E-state index in [4.69, 9.17) is 4.74 Å². The minimum atomic E-state index is -2.71. The van der Waals surface area contributed by atoms with E-state index in [1.165, 1.54) is 6.21 Å².